The average Bonchev–Trinajstić information content (AvgIpc) is 2.40. The molecule has 0 amide bonds. The fraction of sp³-hybridized carbons (Fsp3) is 0.357. The number of ether oxygens (including phenoxy) is 1. The first-order chi connectivity index (χ1) is 8.31. The maximum atomic E-state index is 12.1. The van der Waals surface area contributed by atoms with Gasteiger partial charge in [-0.1, -0.05) is 17.7 Å². The van der Waals surface area contributed by atoms with Crippen LogP contribution in [0.4, 0.5) is 0 Å². The molecule has 3 heteroatoms. The molecule has 90 valence electrons. The van der Waals surface area contributed by atoms with Gasteiger partial charge < -0.3 is 10.1 Å². The molecule has 0 atom stereocenters. The monoisotopic (exact) mass is 231 g/mol. The molecule has 1 aliphatic heterocycles. The molecule has 0 spiro atoms. The number of rotatable bonds is 3. The highest BCUT2D eigenvalue weighted by atomic mass is 16.5. The topological polar surface area (TPSA) is 38.3 Å². The van der Waals surface area contributed by atoms with Crippen LogP contribution in [0.1, 0.15) is 23.2 Å². The fourth-order valence-electron chi connectivity index (χ4n) is 2.01. The molecule has 0 radical (unpaired) electrons. The molecule has 0 aromatic heterocycles. The molecule has 0 saturated carbocycles. The number of hydrogen-bond acceptors (Lipinski definition) is 3. The minimum atomic E-state index is 0.0288. The first-order valence-corrected chi connectivity index (χ1v) is 5.89. The maximum Gasteiger partial charge on any atom is 0.189 e. The van der Waals surface area contributed by atoms with E-state index in [0.717, 1.165) is 25.9 Å². The van der Waals surface area contributed by atoms with Crippen molar-refractivity contribution in [1.82, 2.24) is 5.32 Å². The fourth-order valence-corrected chi connectivity index (χ4v) is 2.01. The van der Waals surface area contributed by atoms with E-state index < -0.39 is 0 Å². The van der Waals surface area contributed by atoms with Gasteiger partial charge >= 0.3 is 0 Å². The Morgan fingerprint density at radius 1 is 1.41 bits per heavy atom. The van der Waals surface area contributed by atoms with Gasteiger partial charge in [0.15, 0.2) is 5.78 Å². The van der Waals surface area contributed by atoms with Gasteiger partial charge in [0.05, 0.1) is 12.7 Å². The summed E-state index contributed by atoms with van der Waals surface area (Å²) in [7, 11) is 1.58. The van der Waals surface area contributed by atoms with Crippen LogP contribution in [0, 0.1) is 0 Å². The first kappa shape index (κ1) is 11.9. The molecule has 1 heterocycles. The normalized spacial score (nSPS) is 18.1. The maximum absolute atomic E-state index is 12.1. The Hall–Kier alpha value is -1.61. The number of benzene rings is 1. The zero-order valence-electron chi connectivity index (χ0n) is 10.0. The number of carbonyl (C=O) groups is 1. The van der Waals surface area contributed by atoms with Crippen molar-refractivity contribution >= 4 is 5.78 Å². The number of methoxy groups -OCH3 is 1. The van der Waals surface area contributed by atoms with Crippen LogP contribution in [0.3, 0.4) is 0 Å². The lowest BCUT2D eigenvalue weighted by Gasteiger charge is -2.15. The van der Waals surface area contributed by atoms with Gasteiger partial charge in [-0.3, -0.25) is 4.79 Å². The summed E-state index contributed by atoms with van der Waals surface area (Å²) in [5.74, 6) is 0.666. The molecule has 1 N–H and O–H groups in total. The lowest BCUT2D eigenvalue weighted by molar-refractivity contribution is 0.104. The van der Waals surface area contributed by atoms with E-state index in [2.05, 4.69) is 5.32 Å². The summed E-state index contributed by atoms with van der Waals surface area (Å²) in [6.07, 6.45) is 3.85. The van der Waals surface area contributed by atoms with E-state index in [4.69, 9.17) is 4.74 Å². The molecular weight excluding hydrogens is 214 g/mol. The summed E-state index contributed by atoms with van der Waals surface area (Å²) in [6, 6.07) is 7.33. The summed E-state index contributed by atoms with van der Waals surface area (Å²) < 4.78 is 5.19. The summed E-state index contributed by atoms with van der Waals surface area (Å²) in [6.45, 7) is 1.86. The van der Waals surface area contributed by atoms with Crippen molar-refractivity contribution in [2.24, 2.45) is 0 Å². The number of allylic oxidation sites excluding steroid dienone is 1. The SMILES string of the molecule is COc1ccccc1C(=O)C=C1CCCNC1. The molecule has 0 unspecified atom stereocenters. The standard InChI is InChI=1S/C14H17NO2/c1-17-14-7-3-2-6-12(14)13(16)9-11-5-4-8-15-10-11/h2-3,6-7,9,15H,4-5,8,10H2,1H3. The summed E-state index contributed by atoms with van der Waals surface area (Å²) in [5, 5.41) is 3.27. The Balaban J connectivity index is 2.18. The van der Waals surface area contributed by atoms with Gasteiger partial charge in [-0.25, -0.2) is 0 Å². The third-order valence-electron chi connectivity index (χ3n) is 2.91. The average molecular weight is 231 g/mol. The van der Waals surface area contributed by atoms with Crippen LogP contribution in [0.15, 0.2) is 35.9 Å². The Bertz CT molecular complexity index is 430. The van der Waals surface area contributed by atoms with Gasteiger partial charge in [0, 0.05) is 6.54 Å². The van der Waals surface area contributed by atoms with Crippen molar-refractivity contribution in [3.05, 3.63) is 41.5 Å². The highest BCUT2D eigenvalue weighted by Gasteiger charge is 2.11. The van der Waals surface area contributed by atoms with Crippen LogP contribution >= 0.6 is 0 Å². The second-order valence-electron chi connectivity index (χ2n) is 4.15. The van der Waals surface area contributed by atoms with Crippen molar-refractivity contribution in [1.29, 1.82) is 0 Å². The van der Waals surface area contributed by atoms with Crippen molar-refractivity contribution in [2.75, 3.05) is 20.2 Å². The highest BCUT2D eigenvalue weighted by Crippen LogP contribution is 2.19. The molecule has 17 heavy (non-hydrogen) atoms. The molecule has 1 aromatic rings. The van der Waals surface area contributed by atoms with Crippen molar-refractivity contribution in [2.45, 2.75) is 12.8 Å². The molecule has 3 nitrogen and oxygen atoms in total. The van der Waals surface area contributed by atoms with Crippen LogP contribution in [0.5, 0.6) is 5.75 Å². The lowest BCUT2D eigenvalue weighted by atomic mass is 10.0. The van der Waals surface area contributed by atoms with Gasteiger partial charge in [0.1, 0.15) is 5.75 Å². The summed E-state index contributed by atoms with van der Waals surface area (Å²) in [4.78, 5) is 12.1. The Kier molecular flexibility index (Phi) is 3.94. The molecule has 1 saturated heterocycles. The zero-order valence-corrected chi connectivity index (χ0v) is 10.0. The van der Waals surface area contributed by atoms with E-state index in [9.17, 15) is 4.79 Å². The molecule has 0 aliphatic carbocycles. The van der Waals surface area contributed by atoms with E-state index in [-0.39, 0.29) is 5.78 Å². The molecule has 1 fully saturated rings. The smallest absolute Gasteiger partial charge is 0.189 e. The predicted octanol–water partition coefficient (Wildman–Crippen LogP) is 2.19. The third kappa shape index (κ3) is 2.94. The number of para-hydroxylation sites is 1. The molecule has 2 rings (SSSR count). The van der Waals surface area contributed by atoms with E-state index >= 15 is 0 Å². The van der Waals surface area contributed by atoms with Crippen LogP contribution in [-0.2, 0) is 0 Å². The number of hydrogen-bond donors (Lipinski definition) is 1. The molecule has 1 aliphatic rings. The number of carbonyl (C=O) groups excluding carboxylic acids is 1. The Morgan fingerprint density at radius 2 is 2.24 bits per heavy atom. The number of nitrogens with one attached hydrogen (secondary N) is 1. The first-order valence-electron chi connectivity index (χ1n) is 5.89. The van der Waals surface area contributed by atoms with Gasteiger partial charge in [0.2, 0.25) is 0 Å². The van der Waals surface area contributed by atoms with E-state index in [1.165, 1.54) is 5.57 Å². The quantitative estimate of drug-likeness (QED) is 0.640. The van der Waals surface area contributed by atoms with Gasteiger partial charge in [-0.15, -0.1) is 0 Å². The Labute approximate surface area is 101 Å². The lowest BCUT2D eigenvalue weighted by Crippen LogP contribution is -2.24. The van der Waals surface area contributed by atoms with Crippen LogP contribution in [-0.4, -0.2) is 26.0 Å². The molecular formula is C14H17NO2. The van der Waals surface area contributed by atoms with Crippen LogP contribution in [0.25, 0.3) is 0 Å². The predicted molar refractivity (Wildman–Crippen MR) is 67.5 cm³/mol. The van der Waals surface area contributed by atoms with Gasteiger partial charge in [0.25, 0.3) is 0 Å². The summed E-state index contributed by atoms with van der Waals surface area (Å²) >= 11 is 0. The second-order valence-corrected chi connectivity index (χ2v) is 4.15. The minimum absolute atomic E-state index is 0.0288. The zero-order chi connectivity index (χ0) is 12.1. The van der Waals surface area contributed by atoms with E-state index in [1.807, 2.05) is 18.2 Å². The van der Waals surface area contributed by atoms with Crippen molar-refractivity contribution in [3.8, 4) is 5.75 Å². The third-order valence-corrected chi connectivity index (χ3v) is 2.91. The van der Waals surface area contributed by atoms with Gasteiger partial charge in [-0.2, -0.15) is 0 Å². The van der Waals surface area contributed by atoms with Crippen LogP contribution < -0.4 is 10.1 Å². The van der Waals surface area contributed by atoms with E-state index in [0.29, 0.717) is 11.3 Å². The second kappa shape index (κ2) is 5.64. The van der Waals surface area contributed by atoms with Crippen molar-refractivity contribution in [3.63, 3.8) is 0 Å². The minimum Gasteiger partial charge on any atom is -0.496 e. The largest absolute Gasteiger partial charge is 0.496 e. The molecule has 1 aromatic carbocycles. The molecule has 0 bridgehead atoms. The number of ketones is 1. The number of piperidine rings is 1. The highest BCUT2D eigenvalue weighted by molar-refractivity contribution is 6.06. The Morgan fingerprint density at radius 3 is 2.94 bits per heavy atom. The van der Waals surface area contributed by atoms with Crippen molar-refractivity contribution < 1.29 is 9.53 Å². The van der Waals surface area contributed by atoms with E-state index in [1.54, 1.807) is 19.3 Å². The van der Waals surface area contributed by atoms with Crippen LogP contribution in [0.2, 0.25) is 0 Å². The van der Waals surface area contributed by atoms with Gasteiger partial charge in [-0.05, 0) is 37.6 Å². The summed E-state index contributed by atoms with van der Waals surface area (Å²) in [5.41, 5.74) is 1.81.